The molecule has 1 unspecified atom stereocenters. The molecule has 110 valence electrons. The SMILES string of the molecule is NNC(Cc1cn2ccsc2n1)C1CCC(F)(F)CC1. The second-order valence-corrected chi connectivity index (χ2v) is 6.37. The van der Waals surface area contributed by atoms with Crippen molar-refractivity contribution < 1.29 is 8.78 Å². The third-order valence-electron chi connectivity index (χ3n) is 4.12. The fourth-order valence-electron chi connectivity index (χ4n) is 2.93. The Morgan fingerprint density at radius 3 is 2.90 bits per heavy atom. The molecule has 1 aliphatic carbocycles. The van der Waals surface area contributed by atoms with Crippen LogP contribution in [0.15, 0.2) is 17.8 Å². The number of hydrazine groups is 1. The Bertz CT molecular complexity index is 541. The normalized spacial score (nSPS) is 21.4. The van der Waals surface area contributed by atoms with E-state index < -0.39 is 5.92 Å². The molecule has 0 saturated heterocycles. The molecule has 7 heteroatoms. The Hall–Kier alpha value is -1.05. The molecule has 0 spiro atoms. The summed E-state index contributed by atoms with van der Waals surface area (Å²) < 4.78 is 28.4. The average molecular weight is 300 g/mol. The minimum atomic E-state index is -2.49. The first-order valence-electron chi connectivity index (χ1n) is 6.82. The van der Waals surface area contributed by atoms with Gasteiger partial charge in [-0.25, -0.2) is 13.8 Å². The van der Waals surface area contributed by atoms with Gasteiger partial charge in [0.05, 0.1) is 5.69 Å². The summed E-state index contributed by atoms with van der Waals surface area (Å²) in [6.07, 6.45) is 5.59. The van der Waals surface area contributed by atoms with Crippen LogP contribution in [-0.2, 0) is 6.42 Å². The smallest absolute Gasteiger partial charge is 0.248 e. The van der Waals surface area contributed by atoms with Gasteiger partial charge in [-0.2, -0.15) is 0 Å². The first kappa shape index (κ1) is 13.9. The quantitative estimate of drug-likeness (QED) is 0.674. The monoisotopic (exact) mass is 300 g/mol. The minimum absolute atomic E-state index is 0.00991. The molecule has 1 atom stereocenters. The molecular formula is C13H18F2N4S. The van der Waals surface area contributed by atoms with Crippen LogP contribution in [-0.4, -0.2) is 21.3 Å². The lowest BCUT2D eigenvalue weighted by molar-refractivity contribution is -0.0495. The van der Waals surface area contributed by atoms with Gasteiger partial charge in [0.2, 0.25) is 5.92 Å². The molecule has 3 N–H and O–H groups in total. The molecule has 2 heterocycles. The van der Waals surface area contributed by atoms with E-state index in [-0.39, 0.29) is 24.8 Å². The van der Waals surface area contributed by atoms with E-state index in [0.29, 0.717) is 19.3 Å². The maximum Gasteiger partial charge on any atom is 0.248 e. The summed E-state index contributed by atoms with van der Waals surface area (Å²) in [7, 11) is 0. The van der Waals surface area contributed by atoms with Crippen molar-refractivity contribution in [2.24, 2.45) is 11.8 Å². The second kappa shape index (κ2) is 5.38. The number of hydrogen-bond acceptors (Lipinski definition) is 4. The lowest BCUT2D eigenvalue weighted by Gasteiger charge is -2.33. The van der Waals surface area contributed by atoms with Gasteiger partial charge in [-0.1, -0.05) is 0 Å². The summed E-state index contributed by atoms with van der Waals surface area (Å²) in [5.41, 5.74) is 3.75. The molecule has 1 saturated carbocycles. The van der Waals surface area contributed by atoms with Crippen molar-refractivity contribution in [2.45, 2.75) is 44.1 Å². The Balaban J connectivity index is 1.66. The van der Waals surface area contributed by atoms with E-state index in [0.717, 1.165) is 10.7 Å². The molecule has 0 aromatic carbocycles. The fourth-order valence-corrected chi connectivity index (χ4v) is 3.65. The number of nitrogens with zero attached hydrogens (tertiary/aromatic N) is 2. The van der Waals surface area contributed by atoms with E-state index in [4.69, 9.17) is 5.84 Å². The molecule has 0 bridgehead atoms. The summed E-state index contributed by atoms with van der Waals surface area (Å²) >= 11 is 1.58. The van der Waals surface area contributed by atoms with E-state index >= 15 is 0 Å². The second-order valence-electron chi connectivity index (χ2n) is 5.50. The standard InChI is InChI=1S/C13H18F2N4S/c14-13(15)3-1-9(2-4-13)11(18-16)7-10-8-19-5-6-20-12(19)17-10/h5-6,8-9,11,18H,1-4,7,16H2. The molecule has 0 radical (unpaired) electrons. The number of halogens is 2. The number of rotatable bonds is 4. The predicted molar refractivity (Wildman–Crippen MR) is 74.8 cm³/mol. The molecule has 4 nitrogen and oxygen atoms in total. The van der Waals surface area contributed by atoms with Crippen molar-refractivity contribution in [3.05, 3.63) is 23.5 Å². The van der Waals surface area contributed by atoms with E-state index in [1.807, 2.05) is 22.2 Å². The van der Waals surface area contributed by atoms with Crippen LogP contribution in [0, 0.1) is 5.92 Å². The van der Waals surface area contributed by atoms with E-state index in [9.17, 15) is 8.78 Å². The highest BCUT2D eigenvalue weighted by Gasteiger charge is 2.37. The van der Waals surface area contributed by atoms with Crippen molar-refractivity contribution >= 4 is 16.3 Å². The van der Waals surface area contributed by atoms with Crippen molar-refractivity contribution in [3.63, 3.8) is 0 Å². The van der Waals surface area contributed by atoms with Crippen LogP contribution in [0.1, 0.15) is 31.4 Å². The van der Waals surface area contributed by atoms with Crippen LogP contribution in [0.2, 0.25) is 0 Å². The molecule has 2 aromatic rings. The summed E-state index contributed by atoms with van der Waals surface area (Å²) in [5, 5.41) is 1.98. The molecule has 1 aliphatic rings. The maximum atomic E-state index is 13.2. The van der Waals surface area contributed by atoms with Crippen LogP contribution in [0.3, 0.4) is 0 Å². The van der Waals surface area contributed by atoms with Crippen LogP contribution in [0.25, 0.3) is 4.96 Å². The highest BCUT2D eigenvalue weighted by molar-refractivity contribution is 7.15. The van der Waals surface area contributed by atoms with Crippen LogP contribution >= 0.6 is 11.3 Å². The van der Waals surface area contributed by atoms with Gasteiger partial charge in [-0.05, 0) is 18.8 Å². The number of aromatic nitrogens is 2. The Morgan fingerprint density at radius 1 is 1.50 bits per heavy atom. The van der Waals surface area contributed by atoms with Crippen LogP contribution in [0.5, 0.6) is 0 Å². The number of imidazole rings is 1. The van der Waals surface area contributed by atoms with Crippen molar-refractivity contribution in [2.75, 3.05) is 0 Å². The zero-order valence-corrected chi connectivity index (χ0v) is 11.9. The number of nitrogens with two attached hydrogens (primary N) is 1. The fraction of sp³-hybridized carbons (Fsp3) is 0.615. The van der Waals surface area contributed by atoms with Gasteiger partial charge in [0.15, 0.2) is 4.96 Å². The number of alkyl halides is 2. The number of thiazole rings is 1. The molecule has 2 aromatic heterocycles. The summed E-state index contributed by atoms with van der Waals surface area (Å²) in [6, 6.07) is 0.00991. The topological polar surface area (TPSA) is 55.3 Å². The zero-order chi connectivity index (χ0) is 14.2. The highest BCUT2D eigenvalue weighted by atomic mass is 32.1. The maximum absolute atomic E-state index is 13.2. The van der Waals surface area contributed by atoms with Crippen LogP contribution < -0.4 is 11.3 Å². The largest absolute Gasteiger partial charge is 0.297 e. The zero-order valence-electron chi connectivity index (χ0n) is 11.1. The Labute approximate surface area is 120 Å². The molecule has 0 amide bonds. The molecule has 1 fully saturated rings. The molecule has 20 heavy (non-hydrogen) atoms. The number of nitrogens with one attached hydrogen (secondary N) is 1. The first-order chi connectivity index (χ1) is 9.57. The van der Waals surface area contributed by atoms with Gasteiger partial charge >= 0.3 is 0 Å². The van der Waals surface area contributed by atoms with E-state index in [1.54, 1.807) is 11.3 Å². The summed E-state index contributed by atoms with van der Waals surface area (Å²) in [5.74, 6) is 3.32. The van der Waals surface area contributed by atoms with Crippen molar-refractivity contribution in [3.8, 4) is 0 Å². The Morgan fingerprint density at radius 2 is 2.25 bits per heavy atom. The third kappa shape index (κ3) is 2.84. The van der Waals surface area contributed by atoms with Gasteiger partial charge in [-0.3, -0.25) is 15.7 Å². The van der Waals surface area contributed by atoms with E-state index in [1.165, 1.54) is 0 Å². The van der Waals surface area contributed by atoms with Gasteiger partial charge in [-0.15, -0.1) is 11.3 Å². The van der Waals surface area contributed by atoms with Crippen molar-refractivity contribution in [1.29, 1.82) is 0 Å². The minimum Gasteiger partial charge on any atom is -0.297 e. The summed E-state index contributed by atoms with van der Waals surface area (Å²) in [4.78, 5) is 5.47. The predicted octanol–water partition coefficient (Wildman–Crippen LogP) is 2.60. The third-order valence-corrected chi connectivity index (χ3v) is 4.89. The van der Waals surface area contributed by atoms with Crippen molar-refractivity contribution in [1.82, 2.24) is 14.8 Å². The molecule has 0 aliphatic heterocycles. The van der Waals surface area contributed by atoms with Gasteiger partial charge < -0.3 is 0 Å². The number of hydrogen-bond donors (Lipinski definition) is 2. The molecule has 3 rings (SSSR count). The number of fused-ring (bicyclic) bond motifs is 1. The Kier molecular flexibility index (Phi) is 3.74. The first-order valence-corrected chi connectivity index (χ1v) is 7.70. The van der Waals surface area contributed by atoms with Gasteiger partial charge in [0.1, 0.15) is 0 Å². The van der Waals surface area contributed by atoms with Gasteiger partial charge in [0, 0.05) is 43.1 Å². The molecular weight excluding hydrogens is 282 g/mol. The average Bonchev–Trinajstić information content (AvgIpc) is 2.97. The lowest BCUT2D eigenvalue weighted by atomic mass is 9.81. The van der Waals surface area contributed by atoms with Gasteiger partial charge in [0.25, 0.3) is 0 Å². The lowest BCUT2D eigenvalue weighted by Crippen LogP contribution is -2.44. The highest BCUT2D eigenvalue weighted by Crippen LogP contribution is 2.37. The summed E-state index contributed by atoms with van der Waals surface area (Å²) in [6.45, 7) is 0. The van der Waals surface area contributed by atoms with E-state index in [2.05, 4.69) is 10.4 Å². The van der Waals surface area contributed by atoms with Crippen LogP contribution in [0.4, 0.5) is 8.78 Å².